The number of methoxy groups -OCH3 is 2. The lowest BCUT2D eigenvalue weighted by molar-refractivity contribution is 0.174. The standard InChI is InChI=1S/C24H34N4O4.HI/c1-6-25-24(26-12-11-17-7-9-21-23(13-17)32-16-31-21)27-15-19(28(2)3)18-8-10-20(29-4)22(14-18)30-5;/h7-10,13-14,19H,6,11-12,15-16H2,1-5H3,(H2,25,26,27);1H. The van der Waals surface area contributed by atoms with Crippen LogP contribution in [0.4, 0.5) is 0 Å². The molecule has 2 aromatic carbocycles. The molecule has 0 amide bonds. The molecule has 0 bridgehead atoms. The fourth-order valence-corrected chi connectivity index (χ4v) is 3.57. The second kappa shape index (κ2) is 13.3. The third kappa shape index (κ3) is 7.29. The zero-order valence-corrected chi connectivity index (χ0v) is 22.3. The van der Waals surface area contributed by atoms with Crippen molar-refractivity contribution in [3.8, 4) is 23.0 Å². The SMILES string of the molecule is CCNC(=NCC(c1ccc(OC)c(OC)c1)N(C)C)NCCc1ccc2c(c1)OCO2.I. The molecule has 0 aliphatic carbocycles. The maximum Gasteiger partial charge on any atom is 0.231 e. The highest BCUT2D eigenvalue weighted by Gasteiger charge is 2.17. The zero-order chi connectivity index (χ0) is 22.9. The predicted octanol–water partition coefficient (Wildman–Crippen LogP) is 3.45. The monoisotopic (exact) mass is 570 g/mol. The average Bonchev–Trinajstić information content (AvgIpc) is 3.26. The van der Waals surface area contributed by atoms with E-state index >= 15 is 0 Å². The van der Waals surface area contributed by atoms with Crippen LogP contribution in [-0.2, 0) is 6.42 Å². The van der Waals surface area contributed by atoms with Gasteiger partial charge in [0.05, 0.1) is 26.8 Å². The molecule has 2 N–H and O–H groups in total. The number of ether oxygens (including phenoxy) is 4. The van der Waals surface area contributed by atoms with Gasteiger partial charge in [-0.05, 0) is 62.8 Å². The molecule has 1 aliphatic rings. The van der Waals surface area contributed by atoms with Crippen LogP contribution >= 0.6 is 24.0 Å². The van der Waals surface area contributed by atoms with Crippen LogP contribution in [-0.4, -0.2) is 65.6 Å². The summed E-state index contributed by atoms with van der Waals surface area (Å²) in [5.74, 6) is 3.85. The molecule has 0 fully saturated rings. The molecule has 3 rings (SSSR count). The molecule has 1 unspecified atom stereocenters. The first-order chi connectivity index (χ1) is 15.5. The molecule has 0 saturated heterocycles. The van der Waals surface area contributed by atoms with Gasteiger partial charge in [0.2, 0.25) is 6.79 Å². The van der Waals surface area contributed by atoms with E-state index in [9.17, 15) is 0 Å². The molecule has 0 aromatic heterocycles. The average molecular weight is 570 g/mol. The first-order valence-corrected chi connectivity index (χ1v) is 10.8. The molecular weight excluding hydrogens is 535 g/mol. The van der Waals surface area contributed by atoms with Gasteiger partial charge in [0.1, 0.15) is 0 Å². The van der Waals surface area contributed by atoms with Gasteiger partial charge in [-0.15, -0.1) is 24.0 Å². The summed E-state index contributed by atoms with van der Waals surface area (Å²) in [7, 11) is 7.40. The topological polar surface area (TPSA) is 76.6 Å². The van der Waals surface area contributed by atoms with Crippen molar-refractivity contribution in [2.24, 2.45) is 4.99 Å². The summed E-state index contributed by atoms with van der Waals surface area (Å²) in [5.41, 5.74) is 2.31. The quantitative estimate of drug-likeness (QED) is 0.258. The van der Waals surface area contributed by atoms with Crippen LogP contribution in [0.2, 0.25) is 0 Å². The minimum atomic E-state index is 0. The predicted molar refractivity (Wildman–Crippen MR) is 142 cm³/mol. The minimum Gasteiger partial charge on any atom is -0.493 e. The summed E-state index contributed by atoms with van der Waals surface area (Å²) >= 11 is 0. The van der Waals surface area contributed by atoms with Crippen molar-refractivity contribution >= 4 is 29.9 Å². The van der Waals surface area contributed by atoms with Gasteiger partial charge in [-0.25, -0.2) is 0 Å². The van der Waals surface area contributed by atoms with Gasteiger partial charge < -0.3 is 34.5 Å². The van der Waals surface area contributed by atoms with Crippen LogP contribution in [0.15, 0.2) is 41.4 Å². The van der Waals surface area contributed by atoms with Gasteiger partial charge in [0.15, 0.2) is 29.0 Å². The first-order valence-electron chi connectivity index (χ1n) is 10.8. The lowest BCUT2D eigenvalue weighted by atomic mass is 10.1. The number of hydrogen-bond acceptors (Lipinski definition) is 6. The Labute approximate surface area is 213 Å². The fraction of sp³-hybridized carbons (Fsp3) is 0.458. The van der Waals surface area contributed by atoms with E-state index in [1.807, 2.05) is 24.3 Å². The second-order valence-corrected chi connectivity index (χ2v) is 7.68. The molecule has 0 saturated carbocycles. The van der Waals surface area contributed by atoms with Gasteiger partial charge in [0, 0.05) is 13.1 Å². The minimum absolute atomic E-state index is 0. The number of guanidine groups is 1. The summed E-state index contributed by atoms with van der Waals surface area (Å²) in [6.45, 7) is 4.50. The fourth-order valence-electron chi connectivity index (χ4n) is 3.57. The number of fused-ring (bicyclic) bond motifs is 1. The number of nitrogens with zero attached hydrogens (tertiary/aromatic N) is 2. The number of halogens is 1. The van der Waals surface area contributed by atoms with Gasteiger partial charge in [0.25, 0.3) is 0 Å². The van der Waals surface area contributed by atoms with E-state index in [1.54, 1.807) is 14.2 Å². The van der Waals surface area contributed by atoms with Crippen LogP contribution in [0.1, 0.15) is 24.1 Å². The number of rotatable bonds is 10. The molecule has 33 heavy (non-hydrogen) atoms. The summed E-state index contributed by atoms with van der Waals surface area (Å²) in [5, 5.41) is 6.76. The largest absolute Gasteiger partial charge is 0.493 e. The van der Waals surface area contributed by atoms with Gasteiger partial charge in [-0.3, -0.25) is 4.99 Å². The van der Waals surface area contributed by atoms with E-state index in [-0.39, 0.29) is 30.0 Å². The van der Waals surface area contributed by atoms with Crippen molar-refractivity contribution in [3.63, 3.8) is 0 Å². The van der Waals surface area contributed by atoms with Crippen LogP contribution in [0, 0.1) is 0 Å². The van der Waals surface area contributed by atoms with Crippen LogP contribution < -0.4 is 29.6 Å². The lowest BCUT2D eigenvalue weighted by Crippen LogP contribution is -2.39. The summed E-state index contributed by atoms with van der Waals surface area (Å²) in [4.78, 5) is 6.99. The Morgan fingerprint density at radius 2 is 1.79 bits per heavy atom. The van der Waals surface area contributed by atoms with Crippen molar-refractivity contribution in [1.82, 2.24) is 15.5 Å². The molecular formula is C24H35IN4O4. The van der Waals surface area contributed by atoms with Crippen LogP contribution in [0.3, 0.4) is 0 Å². The zero-order valence-electron chi connectivity index (χ0n) is 20.0. The van der Waals surface area contributed by atoms with E-state index < -0.39 is 0 Å². The summed E-state index contributed by atoms with van der Waals surface area (Å²) in [6, 6.07) is 12.2. The number of benzene rings is 2. The van der Waals surface area contributed by atoms with Gasteiger partial charge in [-0.1, -0.05) is 12.1 Å². The molecule has 1 heterocycles. The molecule has 9 heteroatoms. The molecule has 182 valence electrons. The highest BCUT2D eigenvalue weighted by molar-refractivity contribution is 14.0. The Morgan fingerprint density at radius 3 is 2.48 bits per heavy atom. The second-order valence-electron chi connectivity index (χ2n) is 7.68. The molecule has 1 aliphatic heterocycles. The van der Waals surface area contributed by atoms with Crippen molar-refractivity contribution in [2.45, 2.75) is 19.4 Å². The Morgan fingerprint density at radius 1 is 1.03 bits per heavy atom. The molecule has 1 atom stereocenters. The Balaban J connectivity index is 0.00000385. The van der Waals surface area contributed by atoms with E-state index in [0.29, 0.717) is 13.3 Å². The number of likely N-dealkylation sites (N-methyl/N-ethyl adjacent to an activating group) is 1. The number of hydrogen-bond donors (Lipinski definition) is 2. The molecule has 2 aromatic rings. The summed E-state index contributed by atoms with van der Waals surface area (Å²) < 4.78 is 21.7. The molecule has 8 nitrogen and oxygen atoms in total. The van der Waals surface area contributed by atoms with E-state index in [1.165, 1.54) is 5.56 Å². The summed E-state index contributed by atoms with van der Waals surface area (Å²) in [6.07, 6.45) is 0.855. The number of nitrogens with one attached hydrogen (secondary N) is 2. The Hall–Kier alpha value is -2.40. The Bertz CT molecular complexity index is 923. The van der Waals surface area contributed by atoms with Crippen LogP contribution in [0.25, 0.3) is 0 Å². The third-order valence-electron chi connectivity index (χ3n) is 5.33. The van der Waals surface area contributed by atoms with E-state index in [4.69, 9.17) is 23.9 Å². The van der Waals surface area contributed by atoms with Crippen molar-refractivity contribution < 1.29 is 18.9 Å². The van der Waals surface area contributed by atoms with Gasteiger partial charge >= 0.3 is 0 Å². The molecule has 0 radical (unpaired) electrons. The van der Waals surface area contributed by atoms with Gasteiger partial charge in [-0.2, -0.15) is 0 Å². The maximum absolute atomic E-state index is 5.47. The van der Waals surface area contributed by atoms with Crippen LogP contribution in [0.5, 0.6) is 23.0 Å². The third-order valence-corrected chi connectivity index (χ3v) is 5.33. The van der Waals surface area contributed by atoms with Crippen molar-refractivity contribution in [2.75, 3.05) is 54.7 Å². The normalized spacial score (nSPS) is 13.3. The smallest absolute Gasteiger partial charge is 0.231 e. The molecule has 0 spiro atoms. The van der Waals surface area contributed by atoms with Crippen molar-refractivity contribution in [1.29, 1.82) is 0 Å². The lowest BCUT2D eigenvalue weighted by Gasteiger charge is -2.24. The number of aliphatic imine (C=N–C) groups is 1. The van der Waals surface area contributed by atoms with E-state index in [0.717, 1.165) is 54.0 Å². The highest BCUT2D eigenvalue weighted by Crippen LogP contribution is 2.33. The Kier molecular flexibility index (Phi) is 10.9. The maximum atomic E-state index is 5.47. The van der Waals surface area contributed by atoms with E-state index in [2.05, 4.69) is 48.7 Å². The first kappa shape index (κ1) is 26.8. The van der Waals surface area contributed by atoms with Crippen molar-refractivity contribution in [3.05, 3.63) is 47.5 Å². The highest BCUT2D eigenvalue weighted by atomic mass is 127.